The van der Waals surface area contributed by atoms with Crippen LogP contribution in [0.3, 0.4) is 0 Å². The van der Waals surface area contributed by atoms with Gasteiger partial charge >= 0.3 is 11.9 Å². The van der Waals surface area contributed by atoms with Gasteiger partial charge < -0.3 is 9.47 Å². The van der Waals surface area contributed by atoms with Gasteiger partial charge in [0.25, 0.3) is 0 Å². The second kappa shape index (κ2) is 15.5. The van der Waals surface area contributed by atoms with Crippen molar-refractivity contribution < 1.29 is 42.4 Å². The zero-order valence-corrected chi connectivity index (χ0v) is 37.9. The van der Waals surface area contributed by atoms with Gasteiger partial charge in [-0.05, 0) is 138 Å². The molecule has 0 aromatic rings. The fourth-order valence-corrected chi connectivity index (χ4v) is 16.7. The van der Waals surface area contributed by atoms with Crippen LogP contribution in [0, 0.1) is 69.0 Å². The van der Waals surface area contributed by atoms with Crippen molar-refractivity contribution in [2.75, 3.05) is 11.5 Å². The summed E-state index contributed by atoms with van der Waals surface area (Å²) in [5.41, 5.74) is 3.03. The Morgan fingerprint density at radius 3 is 1.40 bits per heavy atom. The second-order valence-corrected chi connectivity index (χ2v) is 22.8. The number of ketones is 4. The summed E-state index contributed by atoms with van der Waals surface area (Å²) in [6, 6.07) is 0. The predicted octanol–water partition coefficient (Wildman–Crippen LogP) is 8.37. The van der Waals surface area contributed by atoms with E-state index in [1.54, 1.807) is 12.2 Å². The summed E-state index contributed by atoms with van der Waals surface area (Å²) < 4.78 is 26.3. The quantitative estimate of drug-likeness (QED) is 0.199. The van der Waals surface area contributed by atoms with Gasteiger partial charge in [0.05, 0.1) is 0 Å². The average molecular weight is 843 g/mol. The summed E-state index contributed by atoms with van der Waals surface area (Å²) in [4.78, 5) is 78.5. The molecule has 0 aliphatic heterocycles. The normalized spacial score (nSPS) is 42.1. The van der Waals surface area contributed by atoms with Gasteiger partial charge in [-0.1, -0.05) is 50.0 Å². The van der Waals surface area contributed by atoms with E-state index in [4.69, 9.17) is 9.47 Å². The Labute approximate surface area is 358 Å². The maximum atomic E-state index is 14.1. The SMILES string of the molecule is CC(=O)OC(CCS(=O)CCC(OC(C)=O)[C@@H]1CC(=O)[C@@]2(C)CCC3C(CCC4=CC(=O)C=C(C)[C@@]43C)C12)[C@@H]1CC(=O)[C@@]2(C)CCC3C(CCC4=CC(=O)C=C(C)[C@@]43C)C12. The zero-order valence-electron chi connectivity index (χ0n) is 37.1. The van der Waals surface area contributed by atoms with E-state index < -0.39 is 45.8 Å². The molecule has 8 aliphatic rings. The molecule has 0 amide bonds. The number of hydrogen-bond donors (Lipinski definition) is 0. The van der Waals surface area contributed by atoms with E-state index in [0.717, 1.165) is 62.5 Å². The first-order valence-electron chi connectivity index (χ1n) is 22.9. The number of esters is 2. The molecule has 0 spiro atoms. The molecule has 10 heteroatoms. The number of carbonyl (C=O) groups excluding carboxylic acids is 6. The number of Topliss-reactive ketones (excluding diaryl/α,β-unsaturated/α-hetero) is 2. The van der Waals surface area contributed by atoms with Crippen LogP contribution in [0.15, 0.2) is 46.6 Å². The molecule has 8 unspecified atom stereocenters. The van der Waals surface area contributed by atoms with Crippen LogP contribution >= 0.6 is 0 Å². The molecule has 0 aromatic carbocycles. The van der Waals surface area contributed by atoms with E-state index >= 15 is 0 Å². The van der Waals surface area contributed by atoms with Crippen LogP contribution in [0.2, 0.25) is 0 Å². The average Bonchev–Trinajstić information content (AvgIpc) is 3.60. The summed E-state index contributed by atoms with van der Waals surface area (Å²) in [5.74, 6) is 0.885. The Bertz CT molecular complexity index is 1910. The Balaban J connectivity index is 0.988. The molecular weight excluding hydrogens is 777 g/mol. The van der Waals surface area contributed by atoms with Gasteiger partial charge in [-0.2, -0.15) is 0 Å². The predicted molar refractivity (Wildman–Crippen MR) is 228 cm³/mol. The minimum Gasteiger partial charge on any atom is -0.462 e. The number of rotatable bonds is 10. The van der Waals surface area contributed by atoms with Crippen LogP contribution in [-0.2, 0) is 49.0 Å². The number of ether oxygens (including phenoxy) is 2. The van der Waals surface area contributed by atoms with Crippen LogP contribution in [0.25, 0.3) is 0 Å². The van der Waals surface area contributed by atoms with E-state index in [0.29, 0.717) is 25.7 Å². The smallest absolute Gasteiger partial charge is 0.302 e. The van der Waals surface area contributed by atoms with Crippen molar-refractivity contribution in [3.05, 3.63) is 46.6 Å². The van der Waals surface area contributed by atoms with Crippen LogP contribution in [-0.4, -0.2) is 63.0 Å². The minimum atomic E-state index is -1.35. The van der Waals surface area contributed by atoms with Crippen LogP contribution < -0.4 is 0 Å². The molecular formula is C50H66O9S. The molecule has 9 nitrogen and oxygen atoms in total. The van der Waals surface area contributed by atoms with Crippen LogP contribution in [0.4, 0.5) is 0 Å². The summed E-state index contributed by atoms with van der Waals surface area (Å²) in [7, 11) is -1.35. The second-order valence-electron chi connectivity index (χ2n) is 21.1. The Morgan fingerprint density at radius 1 is 0.650 bits per heavy atom. The van der Waals surface area contributed by atoms with E-state index in [2.05, 4.69) is 41.5 Å². The summed E-state index contributed by atoms with van der Waals surface area (Å²) in [6.45, 7) is 15.7. The van der Waals surface area contributed by atoms with Gasteiger partial charge in [-0.15, -0.1) is 0 Å². The molecule has 60 heavy (non-hydrogen) atoms. The highest BCUT2D eigenvalue weighted by Crippen LogP contribution is 2.68. The molecule has 0 N–H and O–H groups in total. The maximum Gasteiger partial charge on any atom is 0.302 e. The lowest BCUT2D eigenvalue weighted by atomic mass is 9.46. The molecule has 8 rings (SSSR count). The van der Waals surface area contributed by atoms with E-state index in [1.165, 1.54) is 25.0 Å². The fourth-order valence-electron chi connectivity index (χ4n) is 15.5. The van der Waals surface area contributed by atoms with Crippen molar-refractivity contribution in [2.45, 2.75) is 145 Å². The van der Waals surface area contributed by atoms with Crippen molar-refractivity contribution >= 4 is 45.9 Å². The first kappa shape index (κ1) is 43.4. The molecule has 0 radical (unpaired) electrons. The topological polar surface area (TPSA) is 138 Å². The zero-order chi connectivity index (χ0) is 43.3. The molecule has 14 atom stereocenters. The molecule has 6 fully saturated rings. The molecule has 326 valence electrons. The number of carbonyl (C=O) groups is 6. The fraction of sp³-hybridized carbons (Fsp3) is 0.720. The molecule has 0 aromatic heterocycles. The Kier molecular flexibility index (Phi) is 11.2. The third-order valence-corrected chi connectivity index (χ3v) is 19.9. The highest BCUT2D eigenvalue weighted by atomic mass is 32.2. The first-order valence-corrected chi connectivity index (χ1v) is 24.4. The highest BCUT2D eigenvalue weighted by molar-refractivity contribution is 7.84. The largest absolute Gasteiger partial charge is 0.462 e. The number of allylic oxidation sites excluding steroid dienone is 8. The van der Waals surface area contributed by atoms with Crippen molar-refractivity contribution in [3.8, 4) is 0 Å². The van der Waals surface area contributed by atoms with Gasteiger partial charge in [0.1, 0.15) is 23.8 Å². The summed E-state index contributed by atoms with van der Waals surface area (Å²) >= 11 is 0. The first-order chi connectivity index (χ1) is 28.2. The van der Waals surface area contributed by atoms with E-state index in [1.807, 2.05) is 12.2 Å². The number of fused-ring (bicyclic) bond motifs is 10. The summed E-state index contributed by atoms with van der Waals surface area (Å²) in [5, 5.41) is 0. The molecule has 0 heterocycles. The lowest BCUT2D eigenvalue weighted by Crippen LogP contribution is -2.53. The molecule has 0 bridgehead atoms. The lowest BCUT2D eigenvalue weighted by Gasteiger charge is -2.58. The van der Waals surface area contributed by atoms with Gasteiger partial charge in [0.2, 0.25) is 0 Å². The minimum absolute atomic E-state index is 0.00853. The van der Waals surface area contributed by atoms with Crippen molar-refractivity contribution in [1.29, 1.82) is 0 Å². The molecule has 8 aliphatic carbocycles. The monoisotopic (exact) mass is 842 g/mol. The van der Waals surface area contributed by atoms with Gasteiger partial charge in [0, 0.05) is 82.5 Å². The van der Waals surface area contributed by atoms with E-state index in [9.17, 15) is 33.0 Å². The van der Waals surface area contributed by atoms with Gasteiger partial charge in [0.15, 0.2) is 11.6 Å². The maximum absolute atomic E-state index is 14.1. The Morgan fingerprint density at radius 2 is 1.03 bits per heavy atom. The van der Waals surface area contributed by atoms with E-state index in [-0.39, 0.29) is 92.8 Å². The summed E-state index contributed by atoms with van der Waals surface area (Å²) in [6.07, 6.45) is 14.1. The number of hydrogen-bond acceptors (Lipinski definition) is 9. The van der Waals surface area contributed by atoms with Crippen molar-refractivity contribution in [2.24, 2.45) is 69.0 Å². The van der Waals surface area contributed by atoms with Crippen molar-refractivity contribution in [3.63, 3.8) is 0 Å². The highest BCUT2D eigenvalue weighted by Gasteiger charge is 2.65. The van der Waals surface area contributed by atoms with Gasteiger partial charge in [-0.3, -0.25) is 33.0 Å². The van der Waals surface area contributed by atoms with Crippen LogP contribution in [0.5, 0.6) is 0 Å². The Hall–Kier alpha value is -3.27. The van der Waals surface area contributed by atoms with Gasteiger partial charge in [-0.25, -0.2) is 0 Å². The standard InChI is InChI=1S/C50H66O9S/c1-27-21-33(53)23-31-9-11-35-39(49(27,31)7)13-17-47(5)43(55)25-37(45(35)47)41(58-29(3)51)15-19-60(57)20-16-42(59-30(4)52)38-26-44(56)48(6)18-14-40-36(46(38)48)12-10-32-24-34(54)22-28(2)50(32,40)8/h21-24,35-42,45-46H,9-20,25-26H2,1-8H3/t35?,36?,37-,38-,39?,40?,41?,42?,45?,46?,47+,48+,49-,50-,60?/m0/s1. The molecule has 0 saturated heterocycles. The van der Waals surface area contributed by atoms with Crippen LogP contribution in [0.1, 0.15) is 132 Å². The third-order valence-electron chi connectivity index (χ3n) is 18.6. The molecule has 6 saturated carbocycles. The van der Waals surface area contributed by atoms with Crippen molar-refractivity contribution in [1.82, 2.24) is 0 Å². The third kappa shape index (κ3) is 6.77. The lowest BCUT2D eigenvalue weighted by molar-refractivity contribution is -0.154.